The fourth-order valence-corrected chi connectivity index (χ4v) is 2.48. The first kappa shape index (κ1) is 21.3. The Kier molecular flexibility index (Phi) is 8.15. The maximum absolute atomic E-state index is 10.2. The third-order valence-corrected chi connectivity index (χ3v) is 3.70. The second kappa shape index (κ2) is 8.80. The highest BCUT2D eigenvalue weighted by Crippen LogP contribution is 2.24. The van der Waals surface area contributed by atoms with Gasteiger partial charge in [0.25, 0.3) is 0 Å². The Bertz CT molecular complexity index is 446. The highest BCUT2D eigenvalue weighted by Gasteiger charge is 2.46. The predicted octanol–water partition coefficient (Wildman–Crippen LogP) is 0.247. The highest BCUT2D eigenvalue weighted by molar-refractivity contribution is 5.87. The van der Waals surface area contributed by atoms with Gasteiger partial charge in [-0.3, -0.25) is 0 Å². The fraction of sp³-hybridized carbons (Fsp3) is 0.533. The SMILES string of the molecule is CC(O)[N+](C(C)O)(C(C)O)C(C)O.O=C(O)c1ccc(O)cc1. The van der Waals surface area contributed by atoms with Crippen molar-refractivity contribution < 1.29 is 39.9 Å². The number of carboxylic acid groups (broad SMARTS) is 1. The molecule has 0 radical (unpaired) electrons. The highest BCUT2D eigenvalue weighted by atomic mass is 16.4. The molecule has 1 rings (SSSR count). The third kappa shape index (κ3) is 5.15. The number of aromatic hydroxyl groups is 1. The lowest BCUT2D eigenvalue weighted by Crippen LogP contribution is -2.68. The molecule has 0 spiro atoms. The monoisotopic (exact) mass is 332 g/mol. The van der Waals surface area contributed by atoms with Crippen LogP contribution in [0.4, 0.5) is 0 Å². The summed E-state index contributed by atoms with van der Waals surface area (Å²) in [5.41, 5.74) is 0.179. The van der Waals surface area contributed by atoms with E-state index in [-0.39, 0.29) is 11.3 Å². The van der Waals surface area contributed by atoms with Crippen LogP contribution in [0.5, 0.6) is 5.75 Å². The zero-order valence-electron chi connectivity index (χ0n) is 13.7. The van der Waals surface area contributed by atoms with Gasteiger partial charge in [0.2, 0.25) is 0 Å². The number of carbonyl (C=O) groups is 1. The number of aliphatic hydroxyl groups is 4. The van der Waals surface area contributed by atoms with Gasteiger partial charge < -0.3 is 30.6 Å². The summed E-state index contributed by atoms with van der Waals surface area (Å²) in [4.78, 5) is 10.2. The van der Waals surface area contributed by atoms with E-state index in [1.54, 1.807) is 0 Å². The van der Waals surface area contributed by atoms with Crippen molar-refractivity contribution in [2.75, 3.05) is 0 Å². The van der Waals surface area contributed by atoms with Crippen LogP contribution in [0.1, 0.15) is 38.1 Å². The molecule has 0 amide bonds. The van der Waals surface area contributed by atoms with Crippen molar-refractivity contribution in [1.29, 1.82) is 0 Å². The minimum absolute atomic E-state index is 0.0741. The van der Waals surface area contributed by atoms with E-state index < -0.39 is 35.4 Å². The lowest BCUT2D eigenvalue weighted by atomic mass is 10.2. The molecule has 0 saturated heterocycles. The topological polar surface area (TPSA) is 138 Å². The molecule has 0 bridgehead atoms. The van der Waals surface area contributed by atoms with Gasteiger partial charge in [0.15, 0.2) is 24.9 Å². The first-order valence-electron chi connectivity index (χ1n) is 7.10. The number of aliphatic hydroxyl groups excluding tert-OH is 4. The number of quaternary nitrogens is 1. The van der Waals surface area contributed by atoms with Gasteiger partial charge in [-0.1, -0.05) is 0 Å². The summed E-state index contributed by atoms with van der Waals surface area (Å²) in [6.07, 6.45) is -4.17. The van der Waals surface area contributed by atoms with Crippen LogP contribution in [-0.2, 0) is 0 Å². The summed E-state index contributed by atoms with van der Waals surface area (Å²) in [6.45, 7) is 5.69. The molecule has 1 aromatic carbocycles. The van der Waals surface area contributed by atoms with E-state index in [1.807, 2.05) is 0 Å². The molecular formula is C15H26NO7+. The average Bonchev–Trinajstić information content (AvgIpc) is 2.38. The smallest absolute Gasteiger partial charge is 0.335 e. The van der Waals surface area contributed by atoms with Crippen molar-refractivity contribution in [3.8, 4) is 5.75 Å². The Morgan fingerprint density at radius 1 is 0.826 bits per heavy atom. The second-order valence-electron chi connectivity index (χ2n) is 5.27. The van der Waals surface area contributed by atoms with Gasteiger partial charge in [-0.25, -0.2) is 9.28 Å². The molecule has 132 valence electrons. The molecule has 0 aliphatic heterocycles. The molecule has 0 heterocycles. The number of carboxylic acids is 1. The molecular weight excluding hydrogens is 306 g/mol. The largest absolute Gasteiger partial charge is 0.508 e. The molecule has 0 saturated carbocycles. The van der Waals surface area contributed by atoms with E-state index in [1.165, 1.54) is 52.0 Å². The first-order chi connectivity index (χ1) is 10.5. The van der Waals surface area contributed by atoms with Crippen LogP contribution in [-0.4, -0.2) is 66.0 Å². The van der Waals surface area contributed by atoms with Crippen LogP contribution < -0.4 is 0 Å². The lowest BCUT2D eigenvalue weighted by molar-refractivity contribution is -1.07. The van der Waals surface area contributed by atoms with E-state index in [0.29, 0.717) is 0 Å². The molecule has 0 aliphatic rings. The zero-order chi connectivity index (χ0) is 18.4. The molecule has 4 unspecified atom stereocenters. The molecule has 1 aromatic rings. The van der Waals surface area contributed by atoms with Crippen LogP contribution in [0.2, 0.25) is 0 Å². The number of hydrogen-bond donors (Lipinski definition) is 6. The Balaban J connectivity index is 0.000000433. The molecule has 23 heavy (non-hydrogen) atoms. The summed E-state index contributed by atoms with van der Waals surface area (Å²) in [6, 6.07) is 5.36. The van der Waals surface area contributed by atoms with E-state index in [0.717, 1.165) is 0 Å². The van der Waals surface area contributed by atoms with E-state index in [9.17, 15) is 25.2 Å². The summed E-state index contributed by atoms with van der Waals surface area (Å²) in [7, 11) is 0. The first-order valence-corrected chi connectivity index (χ1v) is 7.10. The maximum Gasteiger partial charge on any atom is 0.335 e. The molecule has 8 heteroatoms. The van der Waals surface area contributed by atoms with Gasteiger partial charge in [0, 0.05) is 27.7 Å². The van der Waals surface area contributed by atoms with Gasteiger partial charge in [0.1, 0.15) is 5.75 Å². The summed E-state index contributed by atoms with van der Waals surface area (Å²) in [5.74, 6) is -0.912. The van der Waals surface area contributed by atoms with Gasteiger partial charge in [0.05, 0.1) is 5.56 Å². The van der Waals surface area contributed by atoms with Crippen molar-refractivity contribution in [3.63, 3.8) is 0 Å². The molecule has 0 aromatic heterocycles. The fourth-order valence-electron chi connectivity index (χ4n) is 2.48. The Hall–Kier alpha value is -1.71. The number of hydrogen-bond acceptors (Lipinski definition) is 6. The maximum atomic E-state index is 10.2. The molecule has 0 aliphatic carbocycles. The van der Waals surface area contributed by atoms with Gasteiger partial charge >= 0.3 is 5.97 Å². The van der Waals surface area contributed by atoms with Crippen LogP contribution in [0, 0.1) is 0 Å². The normalized spacial score (nSPS) is 18.6. The number of phenolic OH excluding ortho intramolecular Hbond substituents is 1. The van der Waals surface area contributed by atoms with E-state index >= 15 is 0 Å². The van der Waals surface area contributed by atoms with Crippen molar-refractivity contribution in [2.24, 2.45) is 0 Å². The van der Waals surface area contributed by atoms with Crippen molar-refractivity contribution in [1.82, 2.24) is 0 Å². The predicted molar refractivity (Wildman–Crippen MR) is 82.0 cm³/mol. The van der Waals surface area contributed by atoms with Gasteiger partial charge in [-0.05, 0) is 24.3 Å². The summed E-state index contributed by atoms with van der Waals surface area (Å²) in [5, 5.41) is 55.0. The quantitative estimate of drug-likeness (QED) is 0.335. The number of benzene rings is 1. The second-order valence-corrected chi connectivity index (χ2v) is 5.27. The van der Waals surface area contributed by atoms with Crippen molar-refractivity contribution >= 4 is 5.97 Å². The number of aromatic carboxylic acids is 1. The van der Waals surface area contributed by atoms with E-state index in [4.69, 9.17) is 10.2 Å². The van der Waals surface area contributed by atoms with Crippen molar-refractivity contribution in [3.05, 3.63) is 29.8 Å². The van der Waals surface area contributed by atoms with Gasteiger partial charge in [-0.2, -0.15) is 0 Å². The molecule has 4 atom stereocenters. The standard InChI is InChI=1S/C8H20NO4.C7H6O3/c1-5(10)9(6(2)11,7(3)12)8(4)13;8-6-3-1-5(2-4-6)7(9)10/h5-8,10-13H,1-4H3;1-4,8H,(H,9,10)/q+1;. The summed E-state index contributed by atoms with van der Waals surface area (Å²) >= 11 is 0. The van der Waals surface area contributed by atoms with Crippen LogP contribution in [0.3, 0.4) is 0 Å². The Morgan fingerprint density at radius 2 is 1.13 bits per heavy atom. The number of nitrogens with zero attached hydrogens (tertiary/aromatic N) is 1. The number of phenols is 1. The third-order valence-electron chi connectivity index (χ3n) is 3.70. The molecule has 8 nitrogen and oxygen atoms in total. The van der Waals surface area contributed by atoms with Gasteiger partial charge in [-0.15, -0.1) is 0 Å². The number of rotatable bonds is 5. The van der Waals surface area contributed by atoms with Crippen molar-refractivity contribution in [2.45, 2.75) is 52.6 Å². The van der Waals surface area contributed by atoms with Crippen LogP contribution >= 0.6 is 0 Å². The molecule has 0 fully saturated rings. The average molecular weight is 332 g/mol. The minimum Gasteiger partial charge on any atom is -0.508 e. The minimum atomic E-state index is -1.04. The Labute approximate surface area is 135 Å². The van der Waals surface area contributed by atoms with Crippen LogP contribution in [0.15, 0.2) is 24.3 Å². The Morgan fingerprint density at radius 3 is 1.30 bits per heavy atom. The molecule has 6 N–H and O–H groups in total. The zero-order valence-corrected chi connectivity index (χ0v) is 13.7. The summed E-state index contributed by atoms with van der Waals surface area (Å²) < 4.78 is -0.556. The van der Waals surface area contributed by atoms with Crippen LogP contribution in [0.25, 0.3) is 0 Å². The lowest BCUT2D eigenvalue weighted by Gasteiger charge is -2.46. The van der Waals surface area contributed by atoms with E-state index in [2.05, 4.69) is 0 Å².